The van der Waals surface area contributed by atoms with Crippen molar-refractivity contribution in [2.24, 2.45) is 0 Å². The Labute approximate surface area is 153 Å². The Hall–Kier alpha value is -3.13. The highest BCUT2D eigenvalue weighted by Gasteiger charge is 2.12. The van der Waals surface area contributed by atoms with Crippen molar-refractivity contribution in [1.82, 2.24) is 4.57 Å². The summed E-state index contributed by atoms with van der Waals surface area (Å²) in [5.41, 5.74) is 5.69. The Kier molecular flexibility index (Phi) is 4.18. The zero-order chi connectivity index (χ0) is 18.1. The first-order chi connectivity index (χ1) is 12.6. The summed E-state index contributed by atoms with van der Waals surface area (Å²) in [6.07, 6.45) is 0. The predicted octanol–water partition coefficient (Wildman–Crippen LogP) is 5.33. The molecule has 0 N–H and O–H groups in total. The molecule has 0 bridgehead atoms. The molecule has 2 nitrogen and oxygen atoms in total. The molecule has 0 aliphatic carbocycles. The summed E-state index contributed by atoms with van der Waals surface area (Å²) < 4.78 is 1.90. The lowest BCUT2D eigenvalue weighted by molar-refractivity contribution is 0.772. The lowest BCUT2D eigenvalue weighted by Gasteiger charge is -2.16. The van der Waals surface area contributed by atoms with E-state index in [1.807, 2.05) is 47.0 Å². The third-order valence-corrected chi connectivity index (χ3v) is 4.92. The van der Waals surface area contributed by atoms with Gasteiger partial charge in [-0.2, -0.15) is 0 Å². The summed E-state index contributed by atoms with van der Waals surface area (Å²) in [4.78, 5) is 13.3. The molecule has 26 heavy (non-hydrogen) atoms. The van der Waals surface area contributed by atoms with Gasteiger partial charge in [-0.1, -0.05) is 72.3 Å². The van der Waals surface area contributed by atoms with Crippen molar-refractivity contribution in [3.05, 3.63) is 106 Å². The number of aryl methyl sites for hydroxylation is 2. The molecule has 0 amide bonds. The molecular formula is C24H21NO. The van der Waals surface area contributed by atoms with Crippen LogP contribution in [-0.2, 0) is 6.54 Å². The van der Waals surface area contributed by atoms with Crippen molar-refractivity contribution in [1.29, 1.82) is 0 Å². The zero-order valence-electron chi connectivity index (χ0n) is 15.1. The number of hydrogen-bond donors (Lipinski definition) is 0. The lowest BCUT2D eigenvalue weighted by atomic mass is 10.0. The van der Waals surface area contributed by atoms with E-state index >= 15 is 0 Å². The van der Waals surface area contributed by atoms with Crippen molar-refractivity contribution in [2.75, 3.05) is 0 Å². The van der Waals surface area contributed by atoms with Gasteiger partial charge in [-0.05, 0) is 48.1 Å². The number of aromatic nitrogens is 1. The average Bonchev–Trinajstić information content (AvgIpc) is 2.66. The Balaban J connectivity index is 1.97. The van der Waals surface area contributed by atoms with Gasteiger partial charge in [-0.3, -0.25) is 4.79 Å². The summed E-state index contributed by atoms with van der Waals surface area (Å²) in [7, 11) is 0. The molecule has 1 heterocycles. The largest absolute Gasteiger partial charge is 0.303 e. The summed E-state index contributed by atoms with van der Waals surface area (Å²) >= 11 is 0. The fourth-order valence-electron chi connectivity index (χ4n) is 3.50. The second-order valence-corrected chi connectivity index (χ2v) is 6.80. The van der Waals surface area contributed by atoms with Gasteiger partial charge in [0.2, 0.25) is 0 Å². The normalized spacial score (nSPS) is 11.0. The Morgan fingerprint density at radius 3 is 2.31 bits per heavy atom. The van der Waals surface area contributed by atoms with Gasteiger partial charge in [0.05, 0.1) is 12.2 Å². The fraction of sp³-hybridized carbons (Fsp3) is 0.125. The van der Waals surface area contributed by atoms with Crippen molar-refractivity contribution < 1.29 is 0 Å². The van der Waals surface area contributed by atoms with Crippen LogP contribution in [0.2, 0.25) is 0 Å². The van der Waals surface area contributed by atoms with Gasteiger partial charge >= 0.3 is 0 Å². The third kappa shape index (κ3) is 2.95. The fourth-order valence-corrected chi connectivity index (χ4v) is 3.50. The highest BCUT2D eigenvalue weighted by molar-refractivity contribution is 5.85. The SMILES string of the molecule is Cc1ccc(Cn2c(-c3ccccc3)cc3ccccc3c2=O)c(C)c1. The Bertz CT molecular complexity index is 1140. The standard InChI is InChI=1S/C24H21NO/c1-17-12-13-21(18(2)14-17)16-25-23(19-8-4-3-5-9-19)15-20-10-6-7-11-22(20)24(25)26/h3-15H,16H2,1-2H3. The van der Waals surface area contributed by atoms with E-state index in [0.717, 1.165) is 22.0 Å². The second-order valence-electron chi connectivity index (χ2n) is 6.80. The average molecular weight is 339 g/mol. The molecule has 1 aromatic heterocycles. The van der Waals surface area contributed by atoms with E-state index in [0.29, 0.717) is 6.54 Å². The van der Waals surface area contributed by atoms with Crippen molar-refractivity contribution >= 4 is 10.8 Å². The predicted molar refractivity (Wildman–Crippen MR) is 109 cm³/mol. The van der Waals surface area contributed by atoms with E-state index in [1.165, 1.54) is 16.7 Å². The molecule has 0 aliphatic heterocycles. The van der Waals surface area contributed by atoms with Gasteiger partial charge in [0, 0.05) is 5.39 Å². The summed E-state index contributed by atoms with van der Waals surface area (Å²) in [5, 5.41) is 1.74. The van der Waals surface area contributed by atoms with Crippen LogP contribution in [-0.4, -0.2) is 4.57 Å². The van der Waals surface area contributed by atoms with E-state index in [9.17, 15) is 4.79 Å². The maximum absolute atomic E-state index is 13.3. The van der Waals surface area contributed by atoms with E-state index in [2.05, 4.69) is 50.2 Å². The third-order valence-electron chi connectivity index (χ3n) is 4.92. The molecule has 4 rings (SSSR count). The summed E-state index contributed by atoms with van der Waals surface area (Å²) in [5.74, 6) is 0. The first kappa shape index (κ1) is 16.3. The van der Waals surface area contributed by atoms with Crippen LogP contribution >= 0.6 is 0 Å². The van der Waals surface area contributed by atoms with Crippen LogP contribution in [0.5, 0.6) is 0 Å². The van der Waals surface area contributed by atoms with E-state index in [-0.39, 0.29) is 5.56 Å². The maximum atomic E-state index is 13.3. The van der Waals surface area contributed by atoms with Gasteiger partial charge in [0.1, 0.15) is 0 Å². The van der Waals surface area contributed by atoms with E-state index in [1.54, 1.807) is 0 Å². The van der Waals surface area contributed by atoms with Gasteiger partial charge in [0.25, 0.3) is 5.56 Å². The van der Waals surface area contributed by atoms with Crippen LogP contribution < -0.4 is 5.56 Å². The summed E-state index contributed by atoms with van der Waals surface area (Å²) in [6, 6.07) is 26.5. The second kappa shape index (κ2) is 6.64. The Morgan fingerprint density at radius 2 is 1.54 bits per heavy atom. The van der Waals surface area contributed by atoms with E-state index < -0.39 is 0 Å². The smallest absolute Gasteiger partial charge is 0.259 e. The van der Waals surface area contributed by atoms with Gasteiger partial charge in [-0.25, -0.2) is 0 Å². The van der Waals surface area contributed by atoms with Crippen LogP contribution in [0, 0.1) is 13.8 Å². The van der Waals surface area contributed by atoms with Gasteiger partial charge < -0.3 is 4.57 Å². The van der Waals surface area contributed by atoms with Crippen LogP contribution in [0.25, 0.3) is 22.0 Å². The number of fused-ring (bicyclic) bond motifs is 1. The van der Waals surface area contributed by atoms with Crippen molar-refractivity contribution in [3.63, 3.8) is 0 Å². The minimum absolute atomic E-state index is 0.0573. The highest BCUT2D eigenvalue weighted by Crippen LogP contribution is 2.23. The summed E-state index contributed by atoms with van der Waals surface area (Å²) in [6.45, 7) is 4.77. The van der Waals surface area contributed by atoms with Crippen LogP contribution in [0.3, 0.4) is 0 Å². The number of rotatable bonds is 3. The van der Waals surface area contributed by atoms with Crippen LogP contribution in [0.15, 0.2) is 83.7 Å². The molecular weight excluding hydrogens is 318 g/mol. The molecule has 0 aliphatic rings. The molecule has 0 saturated heterocycles. The van der Waals surface area contributed by atoms with Gasteiger partial charge in [0.15, 0.2) is 0 Å². The number of hydrogen-bond acceptors (Lipinski definition) is 1. The molecule has 128 valence electrons. The molecule has 2 heteroatoms. The molecule has 0 spiro atoms. The topological polar surface area (TPSA) is 22.0 Å². The first-order valence-electron chi connectivity index (χ1n) is 8.87. The molecule has 4 aromatic rings. The molecule has 3 aromatic carbocycles. The first-order valence-corrected chi connectivity index (χ1v) is 8.87. The van der Waals surface area contributed by atoms with Gasteiger partial charge in [-0.15, -0.1) is 0 Å². The minimum Gasteiger partial charge on any atom is -0.303 e. The molecule has 0 radical (unpaired) electrons. The van der Waals surface area contributed by atoms with Crippen molar-refractivity contribution in [3.8, 4) is 11.3 Å². The zero-order valence-corrected chi connectivity index (χ0v) is 15.1. The molecule has 0 fully saturated rings. The quantitative estimate of drug-likeness (QED) is 0.494. The van der Waals surface area contributed by atoms with Crippen molar-refractivity contribution in [2.45, 2.75) is 20.4 Å². The minimum atomic E-state index is 0.0573. The highest BCUT2D eigenvalue weighted by atomic mass is 16.1. The monoisotopic (exact) mass is 339 g/mol. The molecule has 0 atom stereocenters. The van der Waals surface area contributed by atoms with Crippen LogP contribution in [0.4, 0.5) is 0 Å². The number of nitrogens with zero attached hydrogens (tertiary/aromatic N) is 1. The number of pyridine rings is 1. The molecule has 0 saturated carbocycles. The molecule has 0 unspecified atom stereocenters. The lowest BCUT2D eigenvalue weighted by Crippen LogP contribution is -2.23. The number of benzene rings is 3. The maximum Gasteiger partial charge on any atom is 0.259 e. The Morgan fingerprint density at radius 1 is 0.808 bits per heavy atom. The van der Waals surface area contributed by atoms with E-state index in [4.69, 9.17) is 0 Å². The van der Waals surface area contributed by atoms with Crippen LogP contribution in [0.1, 0.15) is 16.7 Å².